The Morgan fingerprint density at radius 3 is 2.73 bits per heavy atom. The third-order valence-corrected chi connectivity index (χ3v) is 5.20. The second-order valence-electron chi connectivity index (χ2n) is 7.05. The summed E-state index contributed by atoms with van der Waals surface area (Å²) in [4.78, 5) is 25.2. The van der Waals surface area contributed by atoms with Gasteiger partial charge in [-0.05, 0) is 37.3 Å². The van der Waals surface area contributed by atoms with Crippen molar-refractivity contribution in [2.75, 3.05) is 24.5 Å². The summed E-state index contributed by atoms with van der Waals surface area (Å²) in [6.45, 7) is 3.74. The Hall–Kier alpha value is -3.19. The van der Waals surface area contributed by atoms with Crippen molar-refractivity contribution in [3.8, 4) is 11.6 Å². The Morgan fingerprint density at radius 1 is 1.13 bits per heavy atom. The monoisotopic (exact) mass is 426 g/mol. The van der Waals surface area contributed by atoms with Crippen LogP contribution in [0.2, 0.25) is 5.02 Å². The summed E-state index contributed by atoms with van der Waals surface area (Å²) >= 11 is 6.02. The van der Waals surface area contributed by atoms with E-state index in [4.69, 9.17) is 16.3 Å². The van der Waals surface area contributed by atoms with Gasteiger partial charge in [-0.3, -0.25) is 4.79 Å². The Labute approximate surface area is 178 Å². The summed E-state index contributed by atoms with van der Waals surface area (Å²) in [5.74, 6) is 0.524. The van der Waals surface area contributed by atoms with E-state index in [1.807, 2.05) is 11.8 Å². The summed E-state index contributed by atoms with van der Waals surface area (Å²) in [6.07, 6.45) is 1.39. The summed E-state index contributed by atoms with van der Waals surface area (Å²) < 4.78 is 19.4. The number of piperazine rings is 1. The highest BCUT2D eigenvalue weighted by molar-refractivity contribution is 6.30. The van der Waals surface area contributed by atoms with Crippen molar-refractivity contribution in [1.82, 2.24) is 14.9 Å². The maximum Gasteiger partial charge on any atom is 0.254 e. The zero-order valence-corrected chi connectivity index (χ0v) is 17.1. The second kappa shape index (κ2) is 8.67. The number of anilines is 1. The van der Waals surface area contributed by atoms with Crippen molar-refractivity contribution in [2.45, 2.75) is 13.0 Å². The van der Waals surface area contributed by atoms with Crippen LogP contribution in [-0.4, -0.2) is 46.5 Å². The van der Waals surface area contributed by atoms with Gasteiger partial charge in [-0.15, -0.1) is 0 Å². The van der Waals surface area contributed by atoms with E-state index < -0.39 is 5.82 Å². The summed E-state index contributed by atoms with van der Waals surface area (Å²) in [7, 11) is 0. The molecule has 6 nitrogen and oxygen atoms in total. The van der Waals surface area contributed by atoms with Gasteiger partial charge < -0.3 is 14.5 Å². The molecule has 0 bridgehead atoms. The second-order valence-corrected chi connectivity index (χ2v) is 7.49. The number of ether oxygens (including phenoxy) is 1. The molecule has 1 fully saturated rings. The van der Waals surface area contributed by atoms with Crippen LogP contribution in [0.3, 0.4) is 0 Å². The zero-order chi connectivity index (χ0) is 21.1. The molecule has 0 saturated carbocycles. The Bertz CT molecular complexity index is 1060. The quantitative estimate of drug-likeness (QED) is 0.618. The van der Waals surface area contributed by atoms with E-state index in [0.29, 0.717) is 36.0 Å². The first kappa shape index (κ1) is 20.1. The average molecular weight is 427 g/mol. The van der Waals surface area contributed by atoms with Gasteiger partial charge in [-0.1, -0.05) is 29.8 Å². The van der Waals surface area contributed by atoms with Crippen LogP contribution >= 0.6 is 11.6 Å². The predicted molar refractivity (Wildman–Crippen MR) is 113 cm³/mol. The molecule has 154 valence electrons. The Morgan fingerprint density at radius 2 is 1.97 bits per heavy atom. The number of hydrogen-bond acceptors (Lipinski definition) is 5. The smallest absolute Gasteiger partial charge is 0.254 e. The molecule has 2 aromatic carbocycles. The highest BCUT2D eigenvalue weighted by Crippen LogP contribution is 2.26. The number of halogens is 2. The molecule has 1 aliphatic heterocycles. The standard InChI is InChI=1S/C22H20ClFN4O2/c1-15-13-27(9-10-28(15)22(29)16-5-4-6-17(23)11-16)20-12-21(26-14-25-20)30-19-8-3-2-7-18(19)24/h2-8,11-12,14-15H,9-10,13H2,1H3/t15-/m1/s1. The lowest BCUT2D eigenvalue weighted by molar-refractivity contribution is 0.0673. The van der Waals surface area contributed by atoms with Crippen LogP contribution in [0.4, 0.5) is 10.2 Å². The lowest BCUT2D eigenvalue weighted by atomic mass is 10.1. The molecule has 2 heterocycles. The molecule has 0 spiro atoms. The molecule has 3 aromatic rings. The van der Waals surface area contributed by atoms with E-state index >= 15 is 0 Å². The topological polar surface area (TPSA) is 58.6 Å². The van der Waals surface area contributed by atoms with E-state index in [9.17, 15) is 9.18 Å². The molecule has 0 unspecified atom stereocenters. The van der Waals surface area contributed by atoms with Gasteiger partial charge in [0.15, 0.2) is 11.6 Å². The van der Waals surface area contributed by atoms with Crippen molar-refractivity contribution >= 4 is 23.3 Å². The van der Waals surface area contributed by atoms with Crippen molar-refractivity contribution in [3.05, 3.63) is 77.3 Å². The van der Waals surface area contributed by atoms with Crippen LogP contribution in [0.25, 0.3) is 0 Å². The third kappa shape index (κ3) is 4.36. The number of aromatic nitrogens is 2. The SMILES string of the molecule is C[C@@H]1CN(c2cc(Oc3ccccc3F)ncn2)CCN1C(=O)c1cccc(Cl)c1. The molecule has 0 aliphatic carbocycles. The molecule has 0 radical (unpaired) electrons. The normalized spacial score (nSPS) is 16.4. The minimum absolute atomic E-state index is 0.0314. The molecule has 0 N–H and O–H groups in total. The van der Waals surface area contributed by atoms with E-state index in [2.05, 4.69) is 14.9 Å². The van der Waals surface area contributed by atoms with Crippen LogP contribution in [0, 0.1) is 5.82 Å². The molecular formula is C22H20ClFN4O2. The van der Waals surface area contributed by atoms with Gasteiger partial charge in [0.1, 0.15) is 12.1 Å². The predicted octanol–water partition coefficient (Wildman–Crippen LogP) is 4.41. The number of hydrogen-bond donors (Lipinski definition) is 0. The van der Waals surface area contributed by atoms with Crippen LogP contribution in [-0.2, 0) is 0 Å². The fourth-order valence-electron chi connectivity index (χ4n) is 3.45. The van der Waals surface area contributed by atoms with Gasteiger partial charge in [-0.2, -0.15) is 0 Å². The van der Waals surface area contributed by atoms with Crippen LogP contribution in [0.15, 0.2) is 60.9 Å². The molecule has 8 heteroatoms. The number of nitrogens with zero attached hydrogens (tertiary/aromatic N) is 4. The van der Waals surface area contributed by atoms with E-state index in [0.717, 1.165) is 0 Å². The lowest BCUT2D eigenvalue weighted by Gasteiger charge is -2.40. The minimum atomic E-state index is -0.459. The van der Waals surface area contributed by atoms with Crippen LogP contribution in [0.1, 0.15) is 17.3 Å². The maximum absolute atomic E-state index is 13.8. The number of amides is 1. The lowest BCUT2D eigenvalue weighted by Crippen LogP contribution is -2.54. The molecular weight excluding hydrogens is 407 g/mol. The van der Waals surface area contributed by atoms with Crippen LogP contribution in [0.5, 0.6) is 11.6 Å². The molecule has 1 amide bonds. The summed E-state index contributed by atoms with van der Waals surface area (Å²) in [5.41, 5.74) is 0.574. The van der Waals surface area contributed by atoms with E-state index in [1.165, 1.54) is 12.4 Å². The van der Waals surface area contributed by atoms with Crippen molar-refractivity contribution in [1.29, 1.82) is 0 Å². The van der Waals surface area contributed by atoms with Gasteiger partial charge in [-0.25, -0.2) is 14.4 Å². The molecule has 30 heavy (non-hydrogen) atoms. The molecule has 1 atom stereocenters. The number of benzene rings is 2. The highest BCUT2D eigenvalue weighted by atomic mass is 35.5. The largest absolute Gasteiger partial charge is 0.436 e. The minimum Gasteiger partial charge on any atom is -0.436 e. The number of para-hydroxylation sites is 1. The van der Waals surface area contributed by atoms with Gasteiger partial charge in [0, 0.05) is 42.3 Å². The average Bonchev–Trinajstić information content (AvgIpc) is 2.75. The summed E-state index contributed by atoms with van der Waals surface area (Å²) in [5, 5.41) is 0.538. The number of rotatable bonds is 4. The third-order valence-electron chi connectivity index (χ3n) is 4.96. The first-order valence-electron chi connectivity index (χ1n) is 9.57. The Kier molecular flexibility index (Phi) is 5.81. The first-order chi connectivity index (χ1) is 14.5. The Balaban J connectivity index is 1.45. The summed E-state index contributed by atoms with van der Waals surface area (Å²) in [6, 6.07) is 14.8. The van der Waals surface area contributed by atoms with E-state index in [-0.39, 0.29) is 23.6 Å². The van der Waals surface area contributed by atoms with Crippen LogP contribution < -0.4 is 9.64 Å². The fraction of sp³-hybridized carbons (Fsp3) is 0.227. The van der Waals surface area contributed by atoms with Crippen molar-refractivity contribution in [2.24, 2.45) is 0 Å². The fourth-order valence-corrected chi connectivity index (χ4v) is 3.64. The molecule has 1 aromatic heterocycles. The maximum atomic E-state index is 13.8. The van der Waals surface area contributed by atoms with E-state index in [1.54, 1.807) is 48.5 Å². The van der Waals surface area contributed by atoms with Gasteiger partial charge in [0.25, 0.3) is 5.91 Å². The van der Waals surface area contributed by atoms with Gasteiger partial charge in [0.05, 0.1) is 0 Å². The molecule has 4 rings (SSSR count). The number of carbonyl (C=O) groups is 1. The highest BCUT2D eigenvalue weighted by Gasteiger charge is 2.29. The van der Waals surface area contributed by atoms with Gasteiger partial charge in [0.2, 0.25) is 5.88 Å². The molecule has 1 aliphatic rings. The number of carbonyl (C=O) groups excluding carboxylic acids is 1. The van der Waals surface area contributed by atoms with Gasteiger partial charge >= 0.3 is 0 Å². The van der Waals surface area contributed by atoms with Crippen molar-refractivity contribution in [3.63, 3.8) is 0 Å². The van der Waals surface area contributed by atoms with Crippen molar-refractivity contribution < 1.29 is 13.9 Å². The first-order valence-corrected chi connectivity index (χ1v) is 9.95. The zero-order valence-electron chi connectivity index (χ0n) is 16.3. The molecule has 1 saturated heterocycles.